The van der Waals surface area contributed by atoms with Crippen LogP contribution in [-0.4, -0.2) is 26.3 Å². The van der Waals surface area contributed by atoms with Crippen molar-refractivity contribution in [1.82, 2.24) is 5.32 Å². The molecule has 1 N–H and O–H groups in total. The van der Waals surface area contributed by atoms with E-state index in [1.165, 1.54) is 12.1 Å². The molecule has 0 aromatic heterocycles. The summed E-state index contributed by atoms with van der Waals surface area (Å²) in [5.74, 6) is -6.22. The Balaban J connectivity index is 1.81. The summed E-state index contributed by atoms with van der Waals surface area (Å²) in [5.41, 5.74) is -0.492. The summed E-state index contributed by atoms with van der Waals surface area (Å²) < 4.78 is 119. The zero-order valence-corrected chi connectivity index (χ0v) is 12.3. The molecule has 4 nitrogen and oxygen atoms in total. The Hall–Kier alpha value is -2.27. The van der Waals surface area contributed by atoms with Gasteiger partial charge in [0, 0.05) is 22.6 Å². The maximum absolute atomic E-state index is 14.1. The Morgan fingerprint density at radius 3 is 3.04 bits per heavy atom. The van der Waals surface area contributed by atoms with Crippen LogP contribution < -0.4 is 19.5 Å². The van der Waals surface area contributed by atoms with Gasteiger partial charge < -0.3 is 19.5 Å². The highest BCUT2D eigenvalue weighted by molar-refractivity contribution is 5.46. The van der Waals surface area contributed by atoms with Crippen LogP contribution in [-0.2, 0) is 0 Å². The van der Waals surface area contributed by atoms with Crippen molar-refractivity contribution in [2.75, 3.05) is 26.3 Å². The Bertz CT molecular complexity index is 1170. The van der Waals surface area contributed by atoms with E-state index in [1.54, 1.807) is 0 Å². The zero-order valence-electron chi connectivity index (χ0n) is 23.3. The van der Waals surface area contributed by atoms with Crippen LogP contribution in [0.3, 0.4) is 0 Å². The highest BCUT2D eigenvalue weighted by Crippen LogP contribution is 2.36. The van der Waals surface area contributed by atoms with Gasteiger partial charge in [-0.15, -0.1) is 0 Å². The lowest BCUT2D eigenvalue weighted by Gasteiger charge is -2.32. The number of halogens is 1. The van der Waals surface area contributed by atoms with Gasteiger partial charge in [-0.2, -0.15) is 0 Å². The average Bonchev–Trinajstić information content (AvgIpc) is 3.06. The predicted molar refractivity (Wildman–Crippen MR) is 88.2 cm³/mol. The third-order valence-electron chi connectivity index (χ3n) is 3.59. The zero-order chi connectivity index (χ0) is 26.1. The van der Waals surface area contributed by atoms with E-state index in [0.29, 0.717) is 0 Å². The Morgan fingerprint density at radius 2 is 2.17 bits per heavy atom. The van der Waals surface area contributed by atoms with Gasteiger partial charge in [0.2, 0.25) is 6.75 Å². The van der Waals surface area contributed by atoms with Crippen LogP contribution >= 0.6 is 0 Å². The molecule has 2 aromatic carbocycles. The SMILES string of the molecule is [2H]c1c([2H])c([C@@H]2CCNC([2H])([2H])C2([2H])C([2H])([2H])Oc2ccc3c(c2)OC([2H])([2H])O3)c([2H])c([2H])c1F. The maximum Gasteiger partial charge on any atom is 0.231 e. The van der Waals surface area contributed by atoms with Gasteiger partial charge in [0.05, 0.1) is 14.8 Å². The van der Waals surface area contributed by atoms with Crippen LogP contribution in [0.4, 0.5) is 4.39 Å². The van der Waals surface area contributed by atoms with Crippen LogP contribution in [0.1, 0.15) is 33.0 Å². The quantitative estimate of drug-likeness (QED) is 0.927. The number of hydrogen-bond donors (Lipinski definition) is 1. The minimum Gasteiger partial charge on any atom is -0.493 e. The second-order valence-corrected chi connectivity index (χ2v) is 5.13. The molecular weight excluding hydrogens is 309 g/mol. The van der Waals surface area contributed by atoms with Crippen molar-refractivity contribution in [3.63, 3.8) is 0 Å². The summed E-state index contributed by atoms with van der Waals surface area (Å²) in [6.07, 6.45) is -0.171. The topological polar surface area (TPSA) is 39.7 Å². The molecule has 24 heavy (non-hydrogen) atoms. The van der Waals surface area contributed by atoms with Crippen molar-refractivity contribution < 1.29 is 33.7 Å². The number of benzene rings is 2. The Labute approximate surface area is 156 Å². The second-order valence-electron chi connectivity index (χ2n) is 5.13. The standard InChI is InChI=1S/C19H20FNO3/c20-15-3-1-13(2-4-15)17-7-8-21-10-14(17)11-22-16-5-6-18-19(9-16)24-12-23-18/h1-6,9,14,17,21H,7-8,10-12H2/t14?,17-/m0/s1/i1D,2D,3D,4D,10D2,11D2,12D2,14D. The molecule has 1 unspecified atom stereocenters. The van der Waals surface area contributed by atoms with Crippen LogP contribution in [0, 0.1) is 11.7 Å². The maximum atomic E-state index is 14.1. The van der Waals surface area contributed by atoms with Crippen LogP contribution in [0.5, 0.6) is 17.2 Å². The number of rotatable bonds is 4. The number of hydrogen-bond acceptors (Lipinski definition) is 4. The molecule has 1 saturated heterocycles. The van der Waals surface area contributed by atoms with E-state index in [1.807, 2.05) is 0 Å². The minimum atomic E-state index is -3.17. The molecule has 4 rings (SSSR count). The molecule has 2 heterocycles. The fourth-order valence-electron chi connectivity index (χ4n) is 2.41. The lowest BCUT2D eigenvalue weighted by atomic mass is 9.81. The summed E-state index contributed by atoms with van der Waals surface area (Å²) >= 11 is 0. The summed E-state index contributed by atoms with van der Waals surface area (Å²) in [7, 11) is 0. The lowest BCUT2D eigenvalue weighted by Crippen LogP contribution is -2.38. The van der Waals surface area contributed by atoms with Crippen molar-refractivity contribution in [2.45, 2.75) is 12.3 Å². The summed E-state index contributed by atoms with van der Waals surface area (Å²) in [6.45, 7) is -8.51. The first kappa shape index (κ1) is 7.31. The van der Waals surface area contributed by atoms with Gasteiger partial charge in [-0.3, -0.25) is 0 Å². The fraction of sp³-hybridized carbons (Fsp3) is 0.368. The molecule has 0 amide bonds. The van der Waals surface area contributed by atoms with Crippen molar-refractivity contribution in [3.05, 3.63) is 53.7 Å². The van der Waals surface area contributed by atoms with Gasteiger partial charge in [-0.05, 0) is 48.7 Å². The van der Waals surface area contributed by atoms with Crippen LogP contribution in [0.25, 0.3) is 0 Å². The summed E-state index contributed by atoms with van der Waals surface area (Å²) in [6, 6.07) is -0.110. The molecule has 126 valence electrons. The number of nitrogens with one attached hydrogen (secondary N) is 1. The van der Waals surface area contributed by atoms with Crippen molar-refractivity contribution in [1.29, 1.82) is 0 Å². The minimum absolute atomic E-state index is 0.0194. The highest BCUT2D eigenvalue weighted by atomic mass is 19.1. The lowest BCUT2D eigenvalue weighted by molar-refractivity contribution is 0.173. The normalized spacial score (nSPS) is 36.9. The molecule has 2 aliphatic heterocycles. The summed E-state index contributed by atoms with van der Waals surface area (Å²) in [5, 5.41) is 2.41. The van der Waals surface area contributed by atoms with E-state index in [9.17, 15) is 4.39 Å². The molecule has 0 spiro atoms. The molecule has 5 heteroatoms. The van der Waals surface area contributed by atoms with Crippen molar-refractivity contribution >= 4 is 0 Å². The monoisotopic (exact) mass is 340 g/mol. The van der Waals surface area contributed by atoms with E-state index in [0.717, 1.165) is 6.07 Å². The van der Waals surface area contributed by atoms with E-state index < -0.39 is 67.2 Å². The first-order valence-electron chi connectivity index (χ1n) is 12.7. The van der Waals surface area contributed by atoms with Gasteiger partial charge >= 0.3 is 0 Å². The first-order chi connectivity index (χ1) is 16.0. The average molecular weight is 340 g/mol. The number of piperidine rings is 1. The van der Waals surface area contributed by atoms with E-state index in [4.69, 9.17) is 29.3 Å². The van der Waals surface area contributed by atoms with Gasteiger partial charge in [0.1, 0.15) is 14.3 Å². The van der Waals surface area contributed by atoms with E-state index in [-0.39, 0.29) is 30.2 Å². The molecule has 2 atom stereocenters. The number of ether oxygens (including phenoxy) is 3. The predicted octanol–water partition coefficient (Wildman–Crippen LogP) is 3.33. The molecule has 0 aliphatic carbocycles. The highest BCUT2D eigenvalue weighted by Gasteiger charge is 2.27. The van der Waals surface area contributed by atoms with Gasteiger partial charge in [-0.1, -0.05) is 12.1 Å². The largest absolute Gasteiger partial charge is 0.493 e. The Kier molecular flexibility index (Phi) is 2.04. The molecule has 0 radical (unpaired) electrons. The van der Waals surface area contributed by atoms with Crippen molar-refractivity contribution in [2.24, 2.45) is 5.89 Å². The number of fused-ring (bicyclic) bond motifs is 1. The second kappa shape index (κ2) is 6.69. The van der Waals surface area contributed by atoms with Crippen molar-refractivity contribution in [3.8, 4) is 17.2 Å². The first-order valence-corrected chi connectivity index (χ1v) is 7.24. The van der Waals surface area contributed by atoms with Gasteiger partial charge in [0.25, 0.3) is 0 Å². The van der Waals surface area contributed by atoms with Crippen LogP contribution in [0.2, 0.25) is 0 Å². The van der Waals surface area contributed by atoms with E-state index >= 15 is 0 Å². The third kappa shape index (κ3) is 3.17. The molecule has 2 aliphatic rings. The molecule has 1 fully saturated rings. The smallest absolute Gasteiger partial charge is 0.231 e. The fourth-order valence-corrected chi connectivity index (χ4v) is 2.41. The van der Waals surface area contributed by atoms with Gasteiger partial charge in [-0.25, -0.2) is 4.39 Å². The molecule has 0 saturated carbocycles. The van der Waals surface area contributed by atoms with E-state index in [2.05, 4.69) is 5.32 Å². The molecule has 2 aromatic rings. The Morgan fingerprint density at radius 1 is 1.33 bits per heavy atom. The van der Waals surface area contributed by atoms with Gasteiger partial charge in [0.15, 0.2) is 11.5 Å². The summed E-state index contributed by atoms with van der Waals surface area (Å²) in [4.78, 5) is 0. The molecule has 0 bridgehead atoms. The third-order valence-corrected chi connectivity index (χ3v) is 3.59. The molecular formula is C19H20FNO3. The van der Waals surface area contributed by atoms with Crippen LogP contribution in [0.15, 0.2) is 42.4 Å².